The minimum absolute atomic E-state index is 0.201. The largest absolute Gasteiger partial charge is 0.550 e. The molecule has 4 nitrogen and oxygen atoms in total. The Bertz CT molecular complexity index is 720. The summed E-state index contributed by atoms with van der Waals surface area (Å²) in [4.78, 5) is 23.3. The lowest BCUT2D eigenvalue weighted by molar-refractivity contribution is -0.304. The van der Waals surface area contributed by atoms with E-state index >= 15 is 0 Å². The first-order valence-corrected chi connectivity index (χ1v) is 6.59. The number of hydrogen-bond acceptors (Lipinski definition) is 4. The molecule has 108 valence electrons. The Morgan fingerprint density at radius 1 is 1.10 bits per heavy atom. The van der Waals surface area contributed by atoms with E-state index in [4.69, 9.17) is 5.73 Å². The van der Waals surface area contributed by atoms with Crippen molar-refractivity contribution in [1.82, 2.24) is 0 Å². The van der Waals surface area contributed by atoms with Gasteiger partial charge in [-0.3, -0.25) is 4.79 Å². The van der Waals surface area contributed by atoms with E-state index in [-0.39, 0.29) is 17.9 Å². The second kappa shape index (κ2) is 5.79. The average Bonchev–Trinajstić information content (AvgIpc) is 2.40. The minimum atomic E-state index is -1.22. The number of aryl methyl sites for hydroxylation is 2. The molecule has 0 bridgehead atoms. The van der Waals surface area contributed by atoms with Gasteiger partial charge in [-0.1, -0.05) is 35.9 Å². The molecule has 2 aromatic rings. The van der Waals surface area contributed by atoms with Gasteiger partial charge in [-0.25, -0.2) is 0 Å². The summed E-state index contributed by atoms with van der Waals surface area (Å²) in [6.45, 7) is 3.82. The van der Waals surface area contributed by atoms with Crippen LogP contribution in [0.2, 0.25) is 0 Å². The summed E-state index contributed by atoms with van der Waals surface area (Å²) in [5.74, 6) is -1.43. The predicted molar refractivity (Wildman–Crippen MR) is 78.9 cm³/mol. The maximum absolute atomic E-state index is 12.6. The molecule has 0 radical (unpaired) electrons. The van der Waals surface area contributed by atoms with Crippen molar-refractivity contribution in [2.75, 3.05) is 5.73 Å². The van der Waals surface area contributed by atoms with Crippen LogP contribution in [-0.4, -0.2) is 11.8 Å². The number of carboxylic acids is 1. The molecule has 2 N–H and O–H groups in total. The fraction of sp³-hybridized carbons (Fsp3) is 0.176. The van der Waals surface area contributed by atoms with Crippen molar-refractivity contribution >= 4 is 17.4 Å². The van der Waals surface area contributed by atoms with Gasteiger partial charge in [0.25, 0.3) is 0 Å². The van der Waals surface area contributed by atoms with Gasteiger partial charge in [0.1, 0.15) is 0 Å². The molecule has 2 aromatic carbocycles. The maximum atomic E-state index is 12.6. The van der Waals surface area contributed by atoms with Crippen molar-refractivity contribution in [3.63, 3.8) is 0 Å². The molecule has 21 heavy (non-hydrogen) atoms. The van der Waals surface area contributed by atoms with E-state index in [1.807, 2.05) is 26.0 Å². The Morgan fingerprint density at radius 2 is 1.81 bits per heavy atom. The van der Waals surface area contributed by atoms with Crippen LogP contribution in [0.3, 0.4) is 0 Å². The van der Waals surface area contributed by atoms with Gasteiger partial charge in [-0.2, -0.15) is 0 Å². The minimum Gasteiger partial charge on any atom is -0.550 e. The number of anilines is 1. The standard InChI is InChI=1S/C17H17NO3/c1-10-6-7-13(11(2)8-10)17(21)14-5-3-4-12(16(14)18)9-15(19)20/h3-8H,9,18H2,1-2H3,(H,19,20)/p-1. The molecule has 0 unspecified atom stereocenters. The molecule has 0 aliphatic carbocycles. The number of rotatable bonds is 4. The van der Waals surface area contributed by atoms with E-state index < -0.39 is 5.97 Å². The van der Waals surface area contributed by atoms with Crippen LogP contribution in [0.25, 0.3) is 0 Å². The highest BCUT2D eigenvalue weighted by Gasteiger charge is 2.16. The zero-order valence-electron chi connectivity index (χ0n) is 12.0. The Hall–Kier alpha value is -2.62. The van der Waals surface area contributed by atoms with Crippen LogP contribution < -0.4 is 10.8 Å². The monoisotopic (exact) mass is 282 g/mol. The Kier molecular flexibility index (Phi) is 4.08. The molecular weight excluding hydrogens is 266 g/mol. The number of para-hydroxylation sites is 1. The van der Waals surface area contributed by atoms with Gasteiger partial charge in [0.05, 0.1) is 0 Å². The van der Waals surface area contributed by atoms with Gasteiger partial charge in [0.2, 0.25) is 0 Å². The molecule has 0 spiro atoms. The van der Waals surface area contributed by atoms with Crippen LogP contribution in [0.15, 0.2) is 36.4 Å². The van der Waals surface area contributed by atoms with E-state index in [1.165, 1.54) is 0 Å². The Balaban J connectivity index is 2.46. The summed E-state index contributed by atoms with van der Waals surface area (Å²) in [6, 6.07) is 10.4. The van der Waals surface area contributed by atoms with Crippen molar-refractivity contribution in [2.24, 2.45) is 0 Å². The third kappa shape index (κ3) is 3.11. The molecule has 0 atom stereocenters. The SMILES string of the molecule is Cc1ccc(C(=O)c2cccc(CC(=O)[O-])c2N)c(C)c1. The number of nitrogens with two attached hydrogens (primary N) is 1. The zero-order valence-corrected chi connectivity index (χ0v) is 12.0. The molecule has 0 fully saturated rings. The summed E-state index contributed by atoms with van der Waals surface area (Å²) in [7, 11) is 0. The molecule has 0 saturated heterocycles. The molecular formula is C17H16NO3-. The first kappa shape index (κ1) is 14.8. The van der Waals surface area contributed by atoms with Gasteiger partial charge in [-0.15, -0.1) is 0 Å². The van der Waals surface area contributed by atoms with Gasteiger partial charge < -0.3 is 15.6 Å². The van der Waals surface area contributed by atoms with E-state index in [0.717, 1.165) is 11.1 Å². The van der Waals surface area contributed by atoms with Crippen molar-refractivity contribution in [3.05, 3.63) is 64.2 Å². The number of carbonyl (C=O) groups is 2. The van der Waals surface area contributed by atoms with Gasteiger partial charge in [-0.05, 0) is 31.0 Å². The summed E-state index contributed by atoms with van der Waals surface area (Å²) in [5.41, 5.74) is 9.36. The summed E-state index contributed by atoms with van der Waals surface area (Å²) >= 11 is 0. The highest BCUT2D eigenvalue weighted by molar-refractivity contribution is 6.13. The average molecular weight is 282 g/mol. The lowest BCUT2D eigenvalue weighted by Crippen LogP contribution is -2.25. The molecule has 0 heterocycles. The lowest BCUT2D eigenvalue weighted by Gasteiger charge is -2.12. The van der Waals surface area contributed by atoms with E-state index in [1.54, 1.807) is 24.3 Å². The number of nitrogen functional groups attached to an aromatic ring is 1. The van der Waals surface area contributed by atoms with Crippen molar-refractivity contribution < 1.29 is 14.7 Å². The molecule has 2 rings (SSSR count). The smallest absolute Gasteiger partial charge is 0.195 e. The second-order valence-electron chi connectivity index (χ2n) is 5.07. The van der Waals surface area contributed by atoms with E-state index in [0.29, 0.717) is 16.7 Å². The summed E-state index contributed by atoms with van der Waals surface area (Å²) in [6.07, 6.45) is -0.306. The highest BCUT2D eigenvalue weighted by Crippen LogP contribution is 2.23. The van der Waals surface area contributed by atoms with Crippen molar-refractivity contribution in [2.45, 2.75) is 20.3 Å². The lowest BCUT2D eigenvalue weighted by atomic mass is 9.94. The quantitative estimate of drug-likeness (QED) is 0.679. The number of carbonyl (C=O) groups excluding carboxylic acids is 2. The molecule has 0 aliphatic heterocycles. The summed E-state index contributed by atoms with van der Waals surface area (Å²) in [5, 5.41) is 10.7. The Labute approximate surface area is 123 Å². The number of hydrogen-bond donors (Lipinski definition) is 1. The van der Waals surface area contributed by atoms with Gasteiger partial charge >= 0.3 is 0 Å². The number of ketones is 1. The summed E-state index contributed by atoms with van der Waals surface area (Å²) < 4.78 is 0. The fourth-order valence-electron chi connectivity index (χ4n) is 2.33. The maximum Gasteiger partial charge on any atom is 0.195 e. The highest BCUT2D eigenvalue weighted by atomic mass is 16.4. The molecule has 0 aliphatic rings. The number of benzene rings is 2. The first-order valence-electron chi connectivity index (χ1n) is 6.59. The third-order valence-electron chi connectivity index (χ3n) is 3.40. The van der Waals surface area contributed by atoms with Gasteiger partial charge in [0.15, 0.2) is 5.78 Å². The second-order valence-corrected chi connectivity index (χ2v) is 5.07. The number of carboxylic acid groups (broad SMARTS) is 1. The predicted octanol–water partition coefficient (Wildman–Crippen LogP) is 1.41. The first-order chi connectivity index (χ1) is 9.90. The molecule has 0 saturated carbocycles. The third-order valence-corrected chi connectivity index (χ3v) is 3.40. The van der Waals surface area contributed by atoms with Crippen LogP contribution in [0.1, 0.15) is 32.6 Å². The van der Waals surface area contributed by atoms with E-state index in [2.05, 4.69) is 0 Å². The van der Waals surface area contributed by atoms with Gasteiger partial charge in [0, 0.05) is 29.2 Å². The molecule has 0 amide bonds. The van der Waals surface area contributed by atoms with Crippen LogP contribution in [0.5, 0.6) is 0 Å². The van der Waals surface area contributed by atoms with Crippen molar-refractivity contribution in [3.8, 4) is 0 Å². The van der Waals surface area contributed by atoms with Crippen LogP contribution in [-0.2, 0) is 11.2 Å². The van der Waals surface area contributed by atoms with E-state index in [9.17, 15) is 14.7 Å². The number of aliphatic carboxylic acids is 1. The van der Waals surface area contributed by atoms with Crippen LogP contribution in [0.4, 0.5) is 5.69 Å². The Morgan fingerprint density at radius 3 is 2.43 bits per heavy atom. The normalized spacial score (nSPS) is 10.4. The van der Waals surface area contributed by atoms with Crippen LogP contribution in [0, 0.1) is 13.8 Å². The fourth-order valence-corrected chi connectivity index (χ4v) is 2.33. The molecule has 4 heteroatoms. The van der Waals surface area contributed by atoms with Crippen LogP contribution >= 0.6 is 0 Å². The topological polar surface area (TPSA) is 83.2 Å². The van der Waals surface area contributed by atoms with Crippen molar-refractivity contribution in [1.29, 1.82) is 0 Å². The molecule has 0 aromatic heterocycles. The zero-order chi connectivity index (χ0) is 15.6.